The van der Waals surface area contributed by atoms with E-state index in [4.69, 9.17) is 0 Å². The molecule has 4 nitrogen and oxygen atoms in total. The zero-order chi connectivity index (χ0) is 7.28. The van der Waals surface area contributed by atoms with Gasteiger partial charge >= 0.3 is 5.97 Å². The summed E-state index contributed by atoms with van der Waals surface area (Å²) in [4.78, 5) is 24.1. The van der Waals surface area contributed by atoms with Crippen molar-refractivity contribution in [2.45, 2.75) is 13.8 Å². The Hall–Kier alpha value is -1.19. The van der Waals surface area contributed by atoms with Gasteiger partial charge in [-0.2, -0.15) is 0 Å². The smallest absolute Gasteiger partial charge is 0.319 e. The number of carbonyl (C=O) groups is 2. The molecule has 50 valence electrons. The Labute approximate surface area is 52.5 Å². The van der Waals surface area contributed by atoms with Crippen LogP contribution >= 0.6 is 0 Å². The molecule has 0 saturated carbocycles. The highest BCUT2D eigenvalue weighted by Gasteiger charge is 1.87. The van der Waals surface area contributed by atoms with E-state index in [1.807, 2.05) is 0 Å². The first kappa shape index (κ1) is 7.81. The van der Waals surface area contributed by atoms with Gasteiger partial charge in [0.05, 0.1) is 0 Å². The van der Waals surface area contributed by atoms with Crippen molar-refractivity contribution in [3.05, 3.63) is 0 Å². The number of rotatable bonds is 2. The van der Waals surface area contributed by atoms with E-state index in [1.165, 1.54) is 13.8 Å². The standard InChI is InChI=1S/C5H7NO3/c1-4(7)3-6-9-5(2)8/h3H,1-2H3/b6-3+. The van der Waals surface area contributed by atoms with E-state index in [1.54, 1.807) is 0 Å². The Morgan fingerprint density at radius 1 is 1.44 bits per heavy atom. The fourth-order valence-corrected chi connectivity index (χ4v) is 0.175. The van der Waals surface area contributed by atoms with Crippen LogP contribution < -0.4 is 0 Å². The molecule has 0 radical (unpaired) electrons. The molecule has 0 heterocycles. The maximum Gasteiger partial charge on any atom is 0.331 e. The quantitative estimate of drug-likeness (QED) is 0.302. The predicted molar refractivity (Wildman–Crippen MR) is 30.9 cm³/mol. The van der Waals surface area contributed by atoms with Gasteiger partial charge in [-0.3, -0.25) is 4.79 Å². The molecule has 0 amide bonds. The lowest BCUT2D eigenvalue weighted by atomic mass is 10.5. The summed E-state index contributed by atoms with van der Waals surface area (Å²) < 4.78 is 0. The van der Waals surface area contributed by atoms with Crippen LogP contribution in [-0.2, 0) is 14.4 Å². The van der Waals surface area contributed by atoms with Crippen LogP contribution in [0.2, 0.25) is 0 Å². The van der Waals surface area contributed by atoms with Crippen LogP contribution in [0.3, 0.4) is 0 Å². The first-order valence-corrected chi connectivity index (χ1v) is 2.34. The third-order valence-corrected chi connectivity index (χ3v) is 0.416. The van der Waals surface area contributed by atoms with Crippen LogP contribution in [0.5, 0.6) is 0 Å². The highest BCUT2D eigenvalue weighted by atomic mass is 16.7. The maximum atomic E-state index is 10.1. The van der Waals surface area contributed by atoms with Gasteiger partial charge in [-0.1, -0.05) is 5.16 Å². The fraction of sp³-hybridized carbons (Fsp3) is 0.400. The van der Waals surface area contributed by atoms with E-state index in [-0.39, 0.29) is 5.78 Å². The Bertz CT molecular complexity index is 150. The van der Waals surface area contributed by atoms with Crippen molar-refractivity contribution in [3.8, 4) is 0 Å². The summed E-state index contributed by atoms with van der Waals surface area (Å²) in [6.07, 6.45) is 0.932. The van der Waals surface area contributed by atoms with Crippen molar-refractivity contribution < 1.29 is 14.4 Å². The average molecular weight is 129 g/mol. The van der Waals surface area contributed by atoms with Gasteiger partial charge in [0.1, 0.15) is 6.21 Å². The van der Waals surface area contributed by atoms with E-state index in [0.717, 1.165) is 6.21 Å². The Kier molecular flexibility index (Phi) is 3.27. The first-order chi connectivity index (χ1) is 4.13. The second-order valence-corrected chi connectivity index (χ2v) is 1.43. The Morgan fingerprint density at radius 2 is 2.00 bits per heavy atom. The highest BCUT2D eigenvalue weighted by molar-refractivity contribution is 6.26. The van der Waals surface area contributed by atoms with Gasteiger partial charge < -0.3 is 4.84 Å². The molecule has 0 rings (SSSR count). The van der Waals surface area contributed by atoms with Gasteiger partial charge in [-0.15, -0.1) is 0 Å². The topological polar surface area (TPSA) is 55.7 Å². The molecule has 0 aromatic rings. The summed E-state index contributed by atoms with van der Waals surface area (Å²) in [5.74, 6) is -0.788. The van der Waals surface area contributed by atoms with Crippen LogP contribution in [0.25, 0.3) is 0 Å². The number of ketones is 1. The van der Waals surface area contributed by atoms with E-state index >= 15 is 0 Å². The van der Waals surface area contributed by atoms with Gasteiger partial charge in [-0.05, 0) is 0 Å². The molecule has 0 aliphatic carbocycles. The molecule has 0 fully saturated rings. The highest BCUT2D eigenvalue weighted by Crippen LogP contribution is 1.74. The molecule has 0 N–H and O–H groups in total. The number of carbonyl (C=O) groups excluding carboxylic acids is 2. The van der Waals surface area contributed by atoms with Gasteiger partial charge in [-0.25, -0.2) is 4.79 Å². The molecule has 0 aromatic heterocycles. The third-order valence-electron chi connectivity index (χ3n) is 0.416. The minimum absolute atomic E-state index is 0.253. The molecule has 0 saturated heterocycles. The predicted octanol–water partition coefficient (Wildman–Crippen LogP) is 0.124. The van der Waals surface area contributed by atoms with Gasteiger partial charge in [0.25, 0.3) is 0 Å². The Morgan fingerprint density at radius 3 is 2.33 bits per heavy atom. The van der Waals surface area contributed by atoms with Gasteiger partial charge in [0.2, 0.25) is 0 Å². The first-order valence-electron chi connectivity index (χ1n) is 2.34. The van der Waals surface area contributed by atoms with Crippen molar-refractivity contribution in [2.24, 2.45) is 5.16 Å². The van der Waals surface area contributed by atoms with E-state index in [0.29, 0.717) is 0 Å². The molecule has 0 aromatic carbocycles. The van der Waals surface area contributed by atoms with E-state index < -0.39 is 5.97 Å². The second kappa shape index (κ2) is 3.77. The van der Waals surface area contributed by atoms with E-state index in [2.05, 4.69) is 9.99 Å². The van der Waals surface area contributed by atoms with Crippen molar-refractivity contribution >= 4 is 18.0 Å². The summed E-state index contributed by atoms with van der Waals surface area (Å²) >= 11 is 0. The maximum absolute atomic E-state index is 10.1. The van der Waals surface area contributed by atoms with Crippen LogP contribution in [0.4, 0.5) is 0 Å². The molecule has 0 aliphatic heterocycles. The summed E-state index contributed by atoms with van der Waals surface area (Å²) in [7, 11) is 0. The summed E-state index contributed by atoms with van der Waals surface area (Å²) in [5, 5.41) is 3.05. The molecular weight excluding hydrogens is 122 g/mol. The molecule has 9 heavy (non-hydrogen) atoms. The summed E-state index contributed by atoms with van der Waals surface area (Å²) in [6, 6.07) is 0. The molecule has 0 atom stereocenters. The zero-order valence-corrected chi connectivity index (χ0v) is 5.25. The number of nitrogens with zero attached hydrogens (tertiary/aromatic N) is 1. The Balaban J connectivity index is 3.48. The van der Waals surface area contributed by atoms with Crippen molar-refractivity contribution in [2.75, 3.05) is 0 Å². The number of hydrogen-bond acceptors (Lipinski definition) is 4. The summed E-state index contributed by atoms with van der Waals surface area (Å²) in [6.45, 7) is 2.52. The average Bonchev–Trinajstić information content (AvgIpc) is 1.63. The zero-order valence-electron chi connectivity index (χ0n) is 5.25. The molecule has 0 bridgehead atoms. The number of oxime groups is 1. The largest absolute Gasteiger partial charge is 0.331 e. The van der Waals surface area contributed by atoms with Crippen molar-refractivity contribution in [1.82, 2.24) is 0 Å². The number of hydrogen-bond donors (Lipinski definition) is 0. The third kappa shape index (κ3) is 6.81. The minimum atomic E-state index is -0.535. The van der Waals surface area contributed by atoms with Crippen LogP contribution in [0.15, 0.2) is 5.16 Å². The van der Waals surface area contributed by atoms with Crippen LogP contribution in [0.1, 0.15) is 13.8 Å². The second-order valence-electron chi connectivity index (χ2n) is 1.43. The lowest BCUT2D eigenvalue weighted by Gasteiger charge is -1.84. The minimum Gasteiger partial charge on any atom is -0.319 e. The fourth-order valence-electron chi connectivity index (χ4n) is 0.175. The lowest BCUT2D eigenvalue weighted by Crippen LogP contribution is -1.95. The monoisotopic (exact) mass is 129 g/mol. The van der Waals surface area contributed by atoms with Gasteiger partial charge in [0, 0.05) is 13.8 Å². The van der Waals surface area contributed by atoms with Crippen LogP contribution in [-0.4, -0.2) is 18.0 Å². The summed E-state index contributed by atoms with van der Waals surface area (Å²) in [5.41, 5.74) is 0. The SMILES string of the molecule is CC(=O)/C=N/OC(C)=O. The molecular formula is C5H7NO3. The lowest BCUT2D eigenvalue weighted by molar-refractivity contribution is -0.140. The van der Waals surface area contributed by atoms with Crippen LogP contribution in [0, 0.1) is 0 Å². The number of Topliss-reactive ketones (excluding diaryl/α,β-unsaturated/α-hetero) is 1. The molecule has 0 unspecified atom stereocenters. The van der Waals surface area contributed by atoms with Crippen molar-refractivity contribution in [1.29, 1.82) is 0 Å². The molecule has 4 heteroatoms. The normalized spacial score (nSPS) is 9.56. The molecule has 0 aliphatic rings. The van der Waals surface area contributed by atoms with E-state index in [9.17, 15) is 9.59 Å². The van der Waals surface area contributed by atoms with Gasteiger partial charge in [0.15, 0.2) is 5.78 Å². The molecule has 0 spiro atoms. The van der Waals surface area contributed by atoms with Crippen molar-refractivity contribution in [3.63, 3.8) is 0 Å².